The molecule has 80 valence electrons. The third kappa shape index (κ3) is 2.84. The first-order chi connectivity index (χ1) is 6.79. The predicted molar refractivity (Wildman–Crippen MR) is 56.1 cm³/mol. The summed E-state index contributed by atoms with van der Waals surface area (Å²) in [6.07, 6.45) is 6.38. The highest BCUT2D eigenvalue weighted by Gasteiger charge is 2.10. The van der Waals surface area contributed by atoms with Crippen molar-refractivity contribution < 1.29 is 9.30 Å². The molecular weight excluding hydrogens is 176 g/mol. The van der Waals surface area contributed by atoms with Crippen LogP contribution in [0.5, 0.6) is 0 Å². The smallest absolute Gasteiger partial charge is 0.255 e. The minimum Gasteiger partial charge on any atom is -0.377 e. The summed E-state index contributed by atoms with van der Waals surface area (Å²) in [6, 6.07) is 0. The lowest BCUT2D eigenvalue weighted by molar-refractivity contribution is -0.678. The van der Waals surface area contributed by atoms with Gasteiger partial charge < -0.3 is 4.74 Å². The van der Waals surface area contributed by atoms with Crippen molar-refractivity contribution in [2.24, 2.45) is 7.05 Å². The molecule has 0 spiro atoms. The van der Waals surface area contributed by atoms with Crippen LogP contribution in [-0.2, 0) is 24.8 Å². The van der Waals surface area contributed by atoms with Gasteiger partial charge >= 0.3 is 0 Å². The fourth-order valence-electron chi connectivity index (χ4n) is 1.62. The second-order valence-corrected chi connectivity index (χ2v) is 3.48. The van der Waals surface area contributed by atoms with Gasteiger partial charge in [-0.25, -0.2) is 9.13 Å². The van der Waals surface area contributed by atoms with Crippen LogP contribution in [0.3, 0.4) is 0 Å². The lowest BCUT2D eigenvalue weighted by Crippen LogP contribution is -2.32. The van der Waals surface area contributed by atoms with Gasteiger partial charge in [0.15, 0.2) is 0 Å². The van der Waals surface area contributed by atoms with Crippen molar-refractivity contribution in [3.63, 3.8) is 0 Å². The van der Waals surface area contributed by atoms with Gasteiger partial charge in [0.05, 0.1) is 13.7 Å². The molecule has 0 N–H and O–H groups in total. The number of nitrogens with zero attached hydrogens (tertiary/aromatic N) is 2. The van der Waals surface area contributed by atoms with E-state index in [1.807, 2.05) is 0 Å². The molecule has 0 fully saturated rings. The molecule has 3 heteroatoms. The lowest BCUT2D eigenvalue weighted by Gasteiger charge is -2.02. The lowest BCUT2D eigenvalue weighted by atomic mass is 10.4. The molecule has 1 heterocycles. The van der Waals surface area contributed by atoms with Gasteiger partial charge in [0.1, 0.15) is 18.9 Å². The second kappa shape index (κ2) is 5.81. The quantitative estimate of drug-likeness (QED) is 0.496. The van der Waals surface area contributed by atoms with Gasteiger partial charge in [-0.15, -0.1) is 0 Å². The van der Waals surface area contributed by atoms with Crippen LogP contribution in [0.1, 0.15) is 26.1 Å². The molecule has 0 aliphatic carbocycles. The van der Waals surface area contributed by atoms with E-state index in [1.165, 1.54) is 5.82 Å². The zero-order chi connectivity index (χ0) is 10.4. The number of hydrogen-bond donors (Lipinski definition) is 0. The van der Waals surface area contributed by atoms with Gasteiger partial charge in [-0.2, -0.15) is 0 Å². The van der Waals surface area contributed by atoms with Gasteiger partial charge in [0.2, 0.25) is 0 Å². The Morgan fingerprint density at radius 2 is 2.14 bits per heavy atom. The van der Waals surface area contributed by atoms with E-state index in [1.54, 1.807) is 0 Å². The van der Waals surface area contributed by atoms with Crippen molar-refractivity contribution >= 4 is 0 Å². The molecule has 0 aliphatic rings. The van der Waals surface area contributed by atoms with Crippen LogP contribution in [0, 0.1) is 0 Å². The average Bonchev–Trinajstić information content (AvgIpc) is 2.54. The molecule has 1 aromatic rings. The Morgan fingerprint density at radius 3 is 2.79 bits per heavy atom. The third-order valence-electron chi connectivity index (χ3n) is 2.35. The maximum atomic E-state index is 5.47. The van der Waals surface area contributed by atoms with Crippen LogP contribution in [0.2, 0.25) is 0 Å². The summed E-state index contributed by atoms with van der Waals surface area (Å²) < 4.78 is 9.89. The highest BCUT2D eigenvalue weighted by Crippen LogP contribution is 1.96. The predicted octanol–water partition coefficient (Wildman–Crippen LogP) is 1.30. The van der Waals surface area contributed by atoms with Crippen molar-refractivity contribution in [3.05, 3.63) is 18.2 Å². The second-order valence-electron chi connectivity index (χ2n) is 3.48. The minimum atomic E-state index is 0.815. The fourth-order valence-corrected chi connectivity index (χ4v) is 1.62. The molecule has 0 saturated heterocycles. The Bertz CT molecular complexity index is 268. The molecule has 0 aliphatic heterocycles. The molecule has 0 radical (unpaired) electrons. The van der Waals surface area contributed by atoms with Gasteiger partial charge in [-0.3, -0.25) is 0 Å². The molecular formula is C11H21N2O+. The zero-order valence-electron chi connectivity index (χ0n) is 9.49. The van der Waals surface area contributed by atoms with E-state index in [-0.39, 0.29) is 0 Å². The highest BCUT2D eigenvalue weighted by atomic mass is 16.5. The molecule has 0 amide bonds. The molecule has 0 bridgehead atoms. The Hall–Kier alpha value is -0.830. The monoisotopic (exact) mass is 197 g/mol. The molecule has 3 nitrogen and oxygen atoms in total. The van der Waals surface area contributed by atoms with Gasteiger partial charge in [0, 0.05) is 13.0 Å². The van der Waals surface area contributed by atoms with E-state index >= 15 is 0 Å². The summed E-state index contributed by atoms with van der Waals surface area (Å²) in [6.45, 7) is 6.96. The van der Waals surface area contributed by atoms with E-state index in [9.17, 15) is 0 Å². The summed E-state index contributed by atoms with van der Waals surface area (Å²) in [4.78, 5) is 0. The Balaban J connectivity index is 2.42. The summed E-state index contributed by atoms with van der Waals surface area (Å²) in [7, 11) is 2.09. The number of imidazole rings is 1. The zero-order valence-corrected chi connectivity index (χ0v) is 9.49. The Morgan fingerprint density at radius 1 is 1.36 bits per heavy atom. The first kappa shape index (κ1) is 11.2. The van der Waals surface area contributed by atoms with Crippen molar-refractivity contribution in [1.29, 1.82) is 0 Å². The Labute approximate surface area is 86.3 Å². The van der Waals surface area contributed by atoms with E-state index in [4.69, 9.17) is 4.74 Å². The standard InChI is InChI=1S/C11H21N2O/c1-4-9-14-10-8-13-7-6-12(3)11(13)5-2/h6-7H,4-5,8-10H2,1-3H3/q+1. The normalized spacial score (nSPS) is 10.8. The van der Waals surface area contributed by atoms with Crippen LogP contribution in [0.4, 0.5) is 0 Å². The number of hydrogen-bond acceptors (Lipinski definition) is 1. The van der Waals surface area contributed by atoms with Crippen LogP contribution in [-0.4, -0.2) is 17.8 Å². The number of aryl methyl sites for hydroxylation is 1. The van der Waals surface area contributed by atoms with Crippen molar-refractivity contribution in [2.45, 2.75) is 33.2 Å². The van der Waals surface area contributed by atoms with E-state index in [2.05, 4.69) is 42.4 Å². The largest absolute Gasteiger partial charge is 0.377 e. The highest BCUT2D eigenvalue weighted by molar-refractivity contribution is 4.82. The first-order valence-electron chi connectivity index (χ1n) is 5.41. The van der Waals surface area contributed by atoms with Crippen LogP contribution >= 0.6 is 0 Å². The van der Waals surface area contributed by atoms with Gasteiger partial charge in [-0.05, 0) is 6.42 Å². The minimum absolute atomic E-state index is 0.815. The fraction of sp³-hybridized carbons (Fsp3) is 0.727. The van der Waals surface area contributed by atoms with Crippen molar-refractivity contribution in [3.8, 4) is 0 Å². The molecule has 14 heavy (non-hydrogen) atoms. The molecule has 0 aromatic carbocycles. The topological polar surface area (TPSA) is 18.0 Å². The summed E-state index contributed by atoms with van der Waals surface area (Å²) >= 11 is 0. The number of aromatic nitrogens is 2. The maximum Gasteiger partial charge on any atom is 0.255 e. The third-order valence-corrected chi connectivity index (χ3v) is 2.35. The van der Waals surface area contributed by atoms with Gasteiger partial charge in [0.25, 0.3) is 5.82 Å². The molecule has 0 unspecified atom stereocenters. The molecule has 0 saturated carbocycles. The molecule has 1 aromatic heterocycles. The van der Waals surface area contributed by atoms with E-state index < -0.39 is 0 Å². The first-order valence-corrected chi connectivity index (χ1v) is 5.41. The number of ether oxygens (including phenoxy) is 1. The van der Waals surface area contributed by atoms with E-state index in [0.29, 0.717) is 0 Å². The SMILES string of the molecule is CCCOCCn1cc[n+](C)c1CC. The van der Waals surface area contributed by atoms with Crippen molar-refractivity contribution in [2.75, 3.05) is 13.2 Å². The maximum absolute atomic E-state index is 5.47. The van der Waals surface area contributed by atoms with Crippen LogP contribution in [0.15, 0.2) is 12.4 Å². The summed E-state index contributed by atoms with van der Waals surface area (Å²) in [5.74, 6) is 1.35. The summed E-state index contributed by atoms with van der Waals surface area (Å²) in [5, 5.41) is 0. The average molecular weight is 197 g/mol. The Kier molecular flexibility index (Phi) is 4.66. The number of rotatable bonds is 6. The van der Waals surface area contributed by atoms with Crippen LogP contribution in [0.25, 0.3) is 0 Å². The van der Waals surface area contributed by atoms with E-state index in [0.717, 1.165) is 32.6 Å². The van der Waals surface area contributed by atoms with Crippen molar-refractivity contribution in [1.82, 2.24) is 4.57 Å². The molecule has 1 rings (SSSR count). The summed E-state index contributed by atoms with van der Waals surface area (Å²) in [5.41, 5.74) is 0. The van der Waals surface area contributed by atoms with Crippen LogP contribution < -0.4 is 4.57 Å². The van der Waals surface area contributed by atoms with Gasteiger partial charge in [-0.1, -0.05) is 13.8 Å². The molecule has 0 atom stereocenters.